The normalized spacial score (nSPS) is 20.7. The van der Waals surface area contributed by atoms with Crippen LogP contribution in [0.2, 0.25) is 0 Å². The molecule has 130 valence electrons. The summed E-state index contributed by atoms with van der Waals surface area (Å²) in [6.07, 6.45) is 13.4. The van der Waals surface area contributed by atoms with Gasteiger partial charge in [-0.15, -0.1) is 0 Å². The Balaban J connectivity index is 1.48. The second-order valence-electron chi connectivity index (χ2n) is 6.75. The van der Waals surface area contributed by atoms with Gasteiger partial charge in [0.2, 0.25) is 0 Å². The highest BCUT2D eigenvalue weighted by atomic mass is 16.2. The highest BCUT2D eigenvalue weighted by Gasteiger charge is 2.16. The van der Waals surface area contributed by atoms with E-state index in [1.54, 1.807) is 0 Å². The molecule has 1 atom stereocenters. The molecule has 1 unspecified atom stereocenters. The molecule has 0 bridgehead atoms. The minimum Gasteiger partial charge on any atom is -0.356 e. The highest BCUT2D eigenvalue weighted by molar-refractivity contribution is 5.74. The fraction of sp³-hybridized carbons (Fsp3) is 0.579. The van der Waals surface area contributed by atoms with Crippen LogP contribution in [0.5, 0.6) is 0 Å². The van der Waals surface area contributed by atoms with E-state index in [4.69, 9.17) is 0 Å². The number of nitrogens with one attached hydrogen (secondary N) is 2. The van der Waals surface area contributed by atoms with Crippen molar-refractivity contribution in [2.75, 3.05) is 24.5 Å². The highest BCUT2D eigenvalue weighted by Crippen LogP contribution is 2.21. The number of hydrogen-bond donors (Lipinski definition) is 2. The Hall–Kier alpha value is -2.04. The number of urea groups is 1. The third kappa shape index (κ3) is 4.73. The number of amides is 2. The zero-order chi connectivity index (χ0) is 16.6. The summed E-state index contributed by atoms with van der Waals surface area (Å²) in [5.41, 5.74) is 1.09. The summed E-state index contributed by atoms with van der Waals surface area (Å²) >= 11 is 0. The van der Waals surface area contributed by atoms with E-state index < -0.39 is 0 Å². The number of nitrogens with zero attached hydrogens (tertiary/aromatic N) is 2. The van der Waals surface area contributed by atoms with Gasteiger partial charge in [-0.3, -0.25) is 0 Å². The van der Waals surface area contributed by atoms with Crippen LogP contribution >= 0.6 is 0 Å². The van der Waals surface area contributed by atoms with Crippen molar-refractivity contribution in [3.63, 3.8) is 0 Å². The van der Waals surface area contributed by atoms with E-state index in [0.29, 0.717) is 12.5 Å². The van der Waals surface area contributed by atoms with E-state index in [-0.39, 0.29) is 6.03 Å². The zero-order valence-corrected chi connectivity index (χ0v) is 14.3. The number of carbonyl (C=O) groups is 1. The van der Waals surface area contributed by atoms with Crippen molar-refractivity contribution < 1.29 is 4.79 Å². The van der Waals surface area contributed by atoms with Crippen LogP contribution in [0.4, 0.5) is 10.6 Å². The Bertz CT molecular complexity index is 566. The number of hydrogen-bond acceptors (Lipinski definition) is 3. The summed E-state index contributed by atoms with van der Waals surface area (Å²) < 4.78 is 0. The van der Waals surface area contributed by atoms with Gasteiger partial charge in [0.15, 0.2) is 0 Å². The first kappa shape index (κ1) is 16.8. The van der Waals surface area contributed by atoms with Crippen LogP contribution in [0.1, 0.15) is 44.1 Å². The van der Waals surface area contributed by atoms with Crippen LogP contribution < -0.4 is 15.5 Å². The lowest BCUT2D eigenvalue weighted by Gasteiger charge is -2.29. The molecule has 5 nitrogen and oxygen atoms in total. The number of carbonyl (C=O) groups excluding carboxylic acids is 1. The maximum atomic E-state index is 12.1. The average Bonchev–Trinajstić information content (AvgIpc) is 2.66. The fourth-order valence-corrected chi connectivity index (χ4v) is 3.48. The Morgan fingerprint density at radius 1 is 1.21 bits per heavy atom. The molecule has 0 spiro atoms. The lowest BCUT2D eigenvalue weighted by atomic mass is 9.94. The molecule has 2 amide bonds. The smallest absolute Gasteiger partial charge is 0.315 e. The Morgan fingerprint density at radius 2 is 2.08 bits per heavy atom. The molecule has 1 aliphatic carbocycles. The van der Waals surface area contributed by atoms with Crippen LogP contribution in [-0.2, 0) is 6.54 Å². The minimum atomic E-state index is -0.0852. The number of pyridine rings is 1. The van der Waals surface area contributed by atoms with Gasteiger partial charge in [0.05, 0.1) is 0 Å². The van der Waals surface area contributed by atoms with Crippen molar-refractivity contribution in [3.8, 4) is 0 Å². The summed E-state index contributed by atoms with van der Waals surface area (Å²) in [7, 11) is 0. The molecule has 0 aromatic carbocycles. The average molecular weight is 328 g/mol. The van der Waals surface area contributed by atoms with Gasteiger partial charge in [-0.25, -0.2) is 9.78 Å². The second kappa shape index (κ2) is 8.71. The first-order chi connectivity index (χ1) is 11.8. The summed E-state index contributed by atoms with van der Waals surface area (Å²) in [6.45, 7) is 3.40. The van der Waals surface area contributed by atoms with E-state index in [0.717, 1.165) is 43.9 Å². The molecule has 1 aromatic rings. The monoisotopic (exact) mass is 328 g/mol. The number of anilines is 1. The van der Waals surface area contributed by atoms with Crippen LogP contribution in [0.15, 0.2) is 30.5 Å². The maximum absolute atomic E-state index is 12.1. The molecule has 0 saturated carbocycles. The largest absolute Gasteiger partial charge is 0.356 e. The van der Waals surface area contributed by atoms with Gasteiger partial charge in [0.25, 0.3) is 0 Å². The molecule has 3 rings (SSSR count). The Kier molecular flexibility index (Phi) is 6.10. The Morgan fingerprint density at radius 3 is 2.88 bits per heavy atom. The van der Waals surface area contributed by atoms with Crippen LogP contribution in [0, 0.1) is 5.92 Å². The third-order valence-corrected chi connectivity index (χ3v) is 4.89. The van der Waals surface area contributed by atoms with Crippen LogP contribution in [-0.4, -0.2) is 30.6 Å². The Labute approximate surface area is 144 Å². The fourth-order valence-electron chi connectivity index (χ4n) is 3.48. The van der Waals surface area contributed by atoms with Crippen molar-refractivity contribution in [2.24, 2.45) is 5.92 Å². The van der Waals surface area contributed by atoms with E-state index >= 15 is 0 Å². The minimum absolute atomic E-state index is 0.0852. The van der Waals surface area contributed by atoms with Crippen LogP contribution in [0.25, 0.3) is 0 Å². The van der Waals surface area contributed by atoms with Gasteiger partial charge in [-0.1, -0.05) is 18.2 Å². The standard InChI is InChI=1S/C19H28N4O/c24-19(21-14-16-8-3-1-4-9-16)22-15-17-10-7-11-20-18(17)23-12-5-2-6-13-23/h1,3,7,10-11,16H,2,4-6,8-9,12-15H2,(H2,21,22,24). The molecule has 1 fully saturated rings. The number of allylic oxidation sites excluding steroid dienone is 2. The summed E-state index contributed by atoms with van der Waals surface area (Å²) in [5, 5.41) is 5.99. The second-order valence-corrected chi connectivity index (χ2v) is 6.75. The predicted octanol–water partition coefficient (Wildman–Crippen LogP) is 3.23. The molecule has 2 N–H and O–H groups in total. The summed E-state index contributed by atoms with van der Waals surface area (Å²) in [5.74, 6) is 1.60. The zero-order valence-electron chi connectivity index (χ0n) is 14.3. The molecule has 1 saturated heterocycles. The summed E-state index contributed by atoms with van der Waals surface area (Å²) in [4.78, 5) is 19.0. The maximum Gasteiger partial charge on any atom is 0.315 e. The summed E-state index contributed by atoms with van der Waals surface area (Å²) in [6, 6.07) is 3.91. The van der Waals surface area contributed by atoms with E-state index in [1.807, 2.05) is 12.3 Å². The van der Waals surface area contributed by atoms with Crippen molar-refractivity contribution in [3.05, 3.63) is 36.0 Å². The molecule has 2 heterocycles. The quantitative estimate of drug-likeness (QED) is 0.816. The molecular formula is C19H28N4O. The first-order valence-corrected chi connectivity index (χ1v) is 9.18. The molecule has 0 radical (unpaired) electrons. The lowest BCUT2D eigenvalue weighted by molar-refractivity contribution is 0.238. The number of rotatable bonds is 5. The van der Waals surface area contributed by atoms with Gasteiger partial charge in [-0.2, -0.15) is 0 Å². The van der Waals surface area contributed by atoms with Gasteiger partial charge in [-0.05, 0) is 50.5 Å². The topological polar surface area (TPSA) is 57.3 Å². The molecule has 24 heavy (non-hydrogen) atoms. The van der Waals surface area contributed by atoms with Crippen molar-refractivity contribution >= 4 is 11.8 Å². The van der Waals surface area contributed by atoms with E-state index in [1.165, 1.54) is 25.7 Å². The predicted molar refractivity (Wildman–Crippen MR) is 97.0 cm³/mol. The van der Waals surface area contributed by atoms with E-state index in [9.17, 15) is 4.79 Å². The molecule has 1 aliphatic heterocycles. The number of piperidine rings is 1. The van der Waals surface area contributed by atoms with Gasteiger partial charge in [0.1, 0.15) is 5.82 Å². The molecule has 2 aliphatic rings. The lowest BCUT2D eigenvalue weighted by Crippen LogP contribution is -2.38. The van der Waals surface area contributed by atoms with E-state index in [2.05, 4.69) is 38.7 Å². The molecule has 5 heteroatoms. The number of aromatic nitrogens is 1. The van der Waals surface area contributed by atoms with Gasteiger partial charge >= 0.3 is 6.03 Å². The van der Waals surface area contributed by atoms with Crippen LogP contribution in [0.3, 0.4) is 0 Å². The van der Waals surface area contributed by atoms with Crippen molar-refractivity contribution in [2.45, 2.75) is 45.1 Å². The SMILES string of the molecule is O=C(NCc1cccnc1N1CCCCC1)NCC1CC=CCC1. The molecular weight excluding hydrogens is 300 g/mol. The third-order valence-electron chi connectivity index (χ3n) is 4.89. The van der Waals surface area contributed by atoms with Gasteiger partial charge in [0, 0.05) is 37.9 Å². The van der Waals surface area contributed by atoms with Crippen molar-refractivity contribution in [1.82, 2.24) is 15.6 Å². The first-order valence-electron chi connectivity index (χ1n) is 9.18. The molecule has 1 aromatic heterocycles. The van der Waals surface area contributed by atoms with Gasteiger partial charge < -0.3 is 15.5 Å². The van der Waals surface area contributed by atoms with Crippen molar-refractivity contribution in [1.29, 1.82) is 0 Å².